The molecular weight excluding hydrogens is 359 g/mol. The minimum Gasteiger partial charge on any atom is -0.465 e. The van der Waals surface area contributed by atoms with E-state index in [9.17, 15) is 23.1 Å². The molecule has 0 bridgehead atoms. The number of ether oxygens (including phenoxy) is 1. The Morgan fingerprint density at radius 3 is 2.44 bits per heavy atom. The van der Waals surface area contributed by atoms with E-state index < -0.39 is 23.8 Å². The zero-order valence-electron chi connectivity index (χ0n) is 15.1. The van der Waals surface area contributed by atoms with Gasteiger partial charge in [-0.05, 0) is 48.7 Å². The molecule has 0 saturated carbocycles. The molecule has 2 unspecified atom stereocenters. The first kappa shape index (κ1) is 20.9. The van der Waals surface area contributed by atoms with Crippen LogP contribution in [0.4, 0.5) is 13.2 Å². The van der Waals surface area contributed by atoms with E-state index in [2.05, 4.69) is 10.1 Å². The van der Waals surface area contributed by atoms with Crippen molar-refractivity contribution in [2.24, 2.45) is 0 Å². The Bertz CT molecular complexity index is 760. The summed E-state index contributed by atoms with van der Waals surface area (Å²) in [5.41, 5.74) is 0.878. The SMILES string of the molecule is COC(=O)c1ccc(CC(C)NCC(O)c2cccc(C(F)(F)F)c2)cc1. The highest BCUT2D eigenvalue weighted by Crippen LogP contribution is 2.30. The fourth-order valence-electron chi connectivity index (χ4n) is 2.67. The number of halogens is 3. The minimum absolute atomic E-state index is 0.0191. The van der Waals surface area contributed by atoms with E-state index in [1.54, 1.807) is 12.1 Å². The second-order valence-electron chi connectivity index (χ2n) is 6.34. The molecule has 0 fully saturated rings. The summed E-state index contributed by atoms with van der Waals surface area (Å²) < 4.78 is 42.9. The molecule has 0 aliphatic heterocycles. The molecule has 0 aromatic heterocycles. The first-order valence-corrected chi connectivity index (χ1v) is 8.46. The Morgan fingerprint density at radius 2 is 1.85 bits per heavy atom. The largest absolute Gasteiger partial charge is 0.465 e. The number of aliphatic hydroxyl groups is 1. The summed E-state index contributed by atoms with van der Waals surface area (Å²) in [6.45, 7) is 2.04. The number of nitrogens with one attached hydrogen (secondary N) is 1. The van der Waals surface area contributed by atoms with Crippen molar-refractivity contribution in [3.63, 3.8) is 0 Å². The highest BCUT2D eigenvalue weighted by Gasteiger charge is 2.30. The lowest BCUT2D eigenvalue weighted by molar-refractivity contribution is -0.137. The van der Waals surface area contributed by atoms with E-state index in [0.29, 0.717) is 12.0 Å². The van der Waals surface area contributed by atoms with Crippen molar-refractivity contribution in [2.75, 3.05) is 13.7 Å². The zero-order chi connectivity index (χ0) is 20.0. The third-order valence-corrected chi connectivity index (χ3v) is 4.18. The first-order valence-electron chi connectivity index (χ1n) is 8.46. The van der Waals surface area contributed by atoms with E-state index in [4.69, 9.17) is 0 Å². The molecule has 27 heavy (non-hydrogen) atoms. The molecule has 0 saturated heterocycles. The summed E-state index contributed by atoms with van der Waals surface area (Å²) in [5.74, 6) is -0.406. The standard InChI is InChI=1S/C20H22F3NO3/c1-13(10-14-6-8-15(9-7-14)19(26)27-2)24-12-18(25)16-4-3-5-17(11-16)20(21,22)23/h3-9,11,13,18,24-25H,10,12H2,1-2H3. The van der Waals surface area contributed by atoms with E-state index >= 15 is 0 Å². The molecule has 4 nitrogen and oxygen atoms in total. The third-order valence-electron chi connectivity index (χ3n) is 4.18. The molecule has 0 amide bonds. The van der Waals surface area contributed by atoms with Crippen molar-refractivity contribution in [1.82, 2.24) is 5.32 Å². The van der Waals surface area contributed by atoms with E-state index in [-0.39, 0.29) is 18.2 Å². The van der Waals surface area contributed by atoms with Gasteiger partial charge in [-0.1, -0.05) is 24.3 Å². The third kappa shape index (κ3) is 6.08. The van der Waals surface area contributed by atoms with Crippen LogP contribution in [-0.2, 0) is 17.3 Å². The highest BCUT2D eigenvalue weighted by atomic mass is 19.4. The lowest BCUT2D eigenvalue weighted by atomic mass is 10.0. The number of alkyl halides is 3. The number of hydrogen-bond acceptors (Lipinski definition) is 4. The van der Waals surface area contributed by atoms with E-state index in [1.807, 2.05) is 19.1 Å². The average molecular weight is 381 g/mol. The number of aliphatic hydroxyl groups excluding tert-OH is 1. The maximum Gasteiger partial charge on any atom is 0.416 e. The van der Waals surface area contributed by atoms with Gasteiger partial charge in [0.15, 0.2) is 0 Å². The molecule has 0 spiro atoms. The normalized spacial score (nSPS) is 13.9. The van der Waals surface area contributed by atoms with Gasteiger partial charge < -0.3 is 15.2 Å². The van der Waals surface area contributed by atoms with Gasteiger partial charge in [-0.3, -0.25) is 0 Å². The summed E-state index contributed by atoms with van der Waals surface area (Å²) >= 11 is 0. The van der Waals surface area contributed by atoms with E-state index in [1.165, 1.54) is 19.2 Å². The molecule has 146 valence electrons. The summed E-state index contributed by atoms with van der Waals surface area (Å²) in [5, 5.41) is 13.3. The molecule has 2 atom stereocenters. The van der Waals surface area contributed by atoms with Gasteiger partial charge in [-0.15, -0.1) is 0 Å². The topological polar surface area (TPSA) is 58.6 Å². The van der Waals surface area contributed by atoms with Gasteiger partial charge in [0.1, 0.15) is 0 Å². The van der Waals surface area contributed by atoms with E-state index in [0.717, 1.165) is 17.7 Å². The Morgan fingerprint density at radius 1 is 1.19 bits per heavy atom. The van der Waals surface area contributed by atoms with Gasteiger partial charge in [-0.2, -0.15) is 13.2 Å². The molecule has 0 aliphatic rings. The quantitative estimate of drug-likeness (QED) is 0.718. The summed E-state index contributed by atoms with van der Waals surface area (Å²) in [6, 6.07) is 11.6. The number of carbonyl (C=O) groups excluding carboxylic acids is 1. The molecule has 2 N–H and O–H groups in total. The summed E-state index contributed by atoms with van der Waals surface area (Å²) in [4.78, 5) is 11.4. The van der Waals surface area contributed by atoms with Gasteiger partial charge >= 0.3 is 12.1 Å². The van der Waals surface area contributed by atoms with Crippen LogP contribution in [0.15, 0.2) is 48.5 Å². The van der Waals surface area contributed by atoms with Crippen LogP contribution in [-0.4, -0.2) is 30.8 Å². The van der Waals surface area contributed by atoms with Crippen molar-refractivity contribution in [1.29, 1.82) is 0 Å². The molecule has 2 aromatic rings. The number of esters is 1. The molecular formula is C20H22F3NO3. The van der Waals surface area contributed by atoms with Gasteiger partial charge in [0, 0.05) is 12.6 Å². The lowest BCUT2D eigenvalue weighted by Crippen LogP contribution is -2.32. The Hall–Kier alpha value is -2.38. The zero-order valence-corrected chi connectivity index (χ0v) is 15.1. The lowest BCUT2D eigenvalue weighted by Gasteiger charge is -2.18. The predicted molar refractivity (Wildman–Crippen MR) is 95.4 cm³/mol. The highest BCUT2D eigenvalue weighted by molar-refractivity contribution is 5.89. The first-order chi connectivity index (χ1) is 12.7. The van der Waals surface area contributed by atoms with Crippen molar-refractivity contribution >= 4 is 5.97 Å². The van der Waals surface area contributed by atoms with Crippen LogP contribution < -0.4 is 5.32 Å². The molecule has 2 aromatic carbocycles. The van der Waals surface area contributed by atoms with Crippen LogP contribution in [0.1, 0.15) is 40.1 Å². The van der Waals surface area contributed by atoms with Crippen LogP contribution in [0, 0.1) is 0 Å². The Kier molecular flexibility index (Phi) is 6.98. The number of methoxy groups -OCH3 is 1. The van der Waals surface area contributed by atoms with Gasteiger partial charge in [-0.25, -0.2) is 4.79 Å². The van der Waals surface area contributed by atoms with Crippen LogP contribution in [0.3, 0.4) is 0 Å². The van der Waals surface area contributed by atoms with Crippen molar-refractivity contribution in [3.8, 4) is 0 Å². The van der Waals surface area contributed by atoms with Gasteiger partial charge in [0.05, 0.1) is 24.3 Å². The second kappa shape index (κ2) is 9.01. The average Bonchev–Trinajstić information content (AvgIpc) is 2.65. The fraction of sp³-hybridized carbons (Fsp3) is 0.350. The molecule has 0 heterocycles. The molecule has 0 radical (unpaired) electrons. The second-order valence-corrected chi connectivity index (χ2v) is 6.34. The fourth-order valence-corrected chi connectivity index (χ4v) is 2.67. The number of hydrogen-bond donors (Lipinski definition) is 2. The number of benzene rings is 2. The Balaban J connectivity index is 1.89. The van der Waals surface area contributed by atoms with Crippen LogP contribution in [0.5, 0.6) is 0 Å². The maximum atomic E-state index is 12.8. The van der Waals surface area contributed by atoms with Crippen LogP contribution in [0.25, 0.3) is 0 Å². The monoisotopic (exact) mass is 381 g/mol. The summed E-state index contributed by atoms with van der Waals surface area (Å²) in [6.07, 6.45) is -4.85. The van der Waals surface area contributed by atoms with Crippen molar-refractivity contribution < 1.29 is 27.8 Å². The number of rotatable bonds is 7. The van der Waals surface area contributed by atoms with Crippen molar-refractivity contribution in [3.05, 3.63) is 70.8 Å². The predicted octanol–water partition coefficient (Wildman–Crippen LogP) is 3.75. The molecule has 0 aliphatic carbocycles. The van der Waals surface area contributed by atoms with Gasteiger partial charge in [0.25, 0.3) is 0 Å². The van der Waals surface area contributed by atoms with Gasteiger partial charge in [0.2, 0.25) is 0 Å². The Labute approximate surface area is 156 Å². The molecule has 2 rings (SSSR count). The maximum absolute atomic E-state index is 12.8. The minimum atomic E-state index is -4.44. The van der Waals surface area contributed by atoms with Crippen molar-refractivity contribution in [2.45, 2.75) is 31.7 Å². The smallest absolute Gasteiger partial charge is 0.416 e. The van der Waals surface area contributed by atoms with Crippen LogP contribution in [0.2, 0.25) is 0 Å². The number of carbonyl (C=O) groups is 1. The molecule has 7 heteroatoms. The summed E-state index contributed by atoms with van der Waals surface area (Å²) in [7, 11) is 1.32. The van der Waals surface area contributed by atoms with Crippen LogP contribution >= 0.6 is 0 Å².